The van der Waals surface area contributed by atoms with Crippen molar-refractivity contribution in [3.05, 3.63) is 35.4 Å². The summed E-state index contributed by atoms with van der Waals surface area (Å²) in [4.78, 5) is 0. The lowest BCUT2D eigenvalue weighted by Gasteiger charge is -2.11. The van der Waals surface area contributed by atoms with Gasteiger partial charge in [0.1, 0.15) is 0 Å². The fraction of sp³-hybridized carbons (Fsp3) is 0.500. The van der Waals surface area contributed by atoms with Crippen LogP contribution in [0, 0.1) is 0 Å². The van der Waals surface area contributed by atoms with Gasteiger partial charge in [0.25, 0.3) is 0 Å². The van der Waals surface area contributed by atoms with Gasteiger partial charge >= 0.3 is 0 Å². The summed E-state index contributed by atoms with van der Waals surface area (Å²) in [6, 6.07) is 8.39. The standard InChI is InChI=1S/C12H17NO/c13-8-11(14)7-10-3-1-2-4-12(10)9-5-6-9/h1-4,9,11,14H,5-8,13H2. The van der Waals surface area contributed by atoms with Gasteiger partial charge in [-0.15, -0.1) is 0 Å². The SMILES string of the molecule is NCC(O)Cc1ccccc1C1CC1. The molecule has 0 aliphatic heterocycles. The smallest absolute Gasteiger partial charge is 0.0702 e. The summed E-state index contributed by atoms with van der Waals surface area (Å²) in [5.41, 5.74) is 8.10. The highest BCUT2D eigenvalue weighted by Crippen LogP contribution is 2.41. The zero-order chi connectivity index (χ0) is 9.97. The van der Waals surface area contributed by atoms with Crippen LogP contribution in [0.3, 0.4) is 0 Å². The molecule has 1 aliphatic carbocycles. The second kappa shape index (κ2) is 4.11. The normalized spacial score (nSPS) is 18.1. The summed E-state index contributed by atoms with van der Waals surface area (Å²) in [5.74, 6) is 0.746. The third kappa shape index (κ3) is 2.14. The lowest BCUT2D eigenvalue weighted by molar-refractivity contribution is 0.183. The van der Waals surface area contributed by atoms with Crippen LogP contribution < -0.4 is 5.73 Å². The van der Waals surface area contributed by atoms with Gasteiger partial charge in [0.05, 0.1) is 6.10 Å². The molecule has 1 atom stereocenters. The first kappa shape index (κ1) is 9.69. The van der Waals surface area contributed by atoms with Gasteiger partial charge in [-0.3, -0.25) is 0 Å². The Morgan fingerprint density at radius 1 is 1.36 bits per heavy atom. The van der Waals surface area contributed by atoms with Gasteiger partial charge in [-0.05, 0) is 36.3 Å². The van der Waals surface area contributed by atoms with Crippen molar-refractivity contribution in [3.8, 4) is 0 Å². The molecule has 0 heterocycles. The molecule has 1 unspecified atom stereocenters. The maximum atomic E-state index is 9.51. The Kier molecular flexibility index (Phi) is 2.85. The highest BCUT2D eigenvalue weighted by atomic mass is 16.3. The van der Waals surface area contributed by atoms with Crippen molar-refractivity contribution in [2.75, 3.05) is 6.54 Å². The third-order valence-electron chi connectivity index (χ3n) is 2.80. The number of benzene rings is 1. The molecule has 0 spiro atoms. The van der Waals surface area contributed by atoms with Crippen molar-refractivity contribution >= 4 is 0 Å². The van der Waals surface area contributed by atoms with Gasteiger partial charge in [-0.1, -0.05) is 24.3 Å². The molecule has 1 fully saturated rings. The Morgan fingerprint density at radius 3 is 2.71 bits per heavy atom. The fourth-order valence-electron chi connectivity index (χ4n) is 1.85. The van der Waals surface area contributed by atoms with E-state index in [2.05, 4.69) is 18.2 Å². The van der Waals surface area contributed by atoms with E-state index in [-0.39, 0.29) is 0 Å². The van der Waals surface area contributed by atoms with Crippen LogP contribution in [0.5, 0.6) is 0 Å². The predicted molar refractivity (Wildman–Crippen MR) is 57.2 cm³/mol. The molecule has 3 N–H and O–H groups in total. The molecular formula is C12H17NO. The van der Waals surface area contributed by atoms with E-state index in [1.54, 1.807) is 0 Å². The average Bonchev–Trinajstić information content (AvgIpc) is 3.02. The van der Waals surface area contributed by atoms with E-state index in [4.69, 9.17) is 5.73 Å². The second-order valence-corrected chi connectivity index (χ2v) is 4.07. The van der Waals surface area contributed by atoms with Crippen LogP contribution in [0.2, 0.25) is 0 Å². The molecule has 1 saturated carbocycles. The summed E-state index contributed by atoms with van der Waals surface area (Å²) in [7, 11) is 0. The van der Waals surface area contributed by atoms with Crippen molar-refractivity contribution in [1.82, 2.24) is 0 Å². The summed E-state index contributed by atoms with van der Waals surface area (Å²) in [6.45, 7) is 0.346. The first-order chi connectivity index (χ1) is 6.81. The van der Waals surface area contributed by atoms with Crippen LogP contribution in [0.15, 0.2) is 24.3 Å². The summed E-state index contributed by atoms with van der Waals surface area (Å²) < 4.78 is 0. The van der Waals surface area contributed by atoms with Gasteiger partial charge in [-0.25, -0.2) is 0 Å². The second-order valence-electron chi connectivity index (χ2n) is 4.07. The molecule has 2 nitrogen and oxygen atoms in total. The zero-order valence-electron chi connectivity index (χ0n) is 8.32. The van der Waals surface area contributed by atoms with Gasteiger partial charge in [-0.2, -0.15) is 0 Å². The molecule has 14 heavy (non-hydrogen) atoms. The molecule has 0 aromatic heterocycles. The van der Waals surface area contributed by atoms with E-state index in [0.717, 1.165) is 5.92 Å². The maximum Gasteiger partial charge on any atom is 0.0702 e. The van der Waals surface area contributed by atoms with Crippen LogP contribution in [0.4, 0.5) is 0 Å². The van der Waals surface area contributed by atoms with Crippen molar-refractivity contribution < 1.29 is 5.11 Å². The van der Waals surface area contributed by atoms with Crippen LogP contribution in [0.25, 0.3) is 0 Å². The first-order valence-corrected chi connectivity index (χ1v) is 5.27. The monoisotopic (exact) mass is 191 g/mol. The Morgan fingerprint density at radius 2 is 2.07 bits per heavy atom. The van der Waals surface area contributed by atoms with E-state index < -0.39 is 6.10 Å². The minimum Gasteiger partial charge on any atom is -0.391 e. The molecule has 2 rings (SSSR count). The topological polar surface area (TPSA) is 46.2 Å². The van der Waals surface area contributed by atoms with Crippen LogP contribution in [-0.4, -0.2) is 17.8 Å². The summed E-state index contributed by atoms with van der Waals surface area (Å²) >= 11 is 0. The largest absolute Gasteiger partial charge is 0.391 e. The molecule has 0 saturated heterocycles. The lowest BCUT2D eigenvalue weighted by atomic mass is 9.98. The average molecular weight is 191 g/mol. The highest BCUT2D eigenvalue weighted by molar-refractivity contribution is 5.33. The molecule has 0 amide bonds. The summed E-state index contributed by atoms with van der Waals surface area (Å²) in [5, 5.41) is 9.51. The molecule has 76 valence electrons. The van der Waals surface area contributed by atoms with E-state index in [9.17, 15) is 5.11 Å². The molecule has 1 aromatic rings. The van der Waals surface area contributed by atoms with E-state index in [1.165, 1.54) is 24.0 Å². The minimum atomic E-state index is -0.394. The van der Waals surface area contributed by atoms with Gasteiger partial charge < -0.3 is 10.8 Å². The number of nitrogens with two attached hydrogens (primary N) is 1. The zero-order valence-corrected chi connectivity index (χ0v) is 8.32. The number of aliphatic hydroxyl groups is 1. The van der Waals surface area contributed by atoms with Crippen molar-refractivity contribution in [2.24, 2.45) is 5.73 Å². The van der Waals surface area contributed by atoms with Crippen LogP contribution in [0.1, 0.15) is 29.9 Å². The lowest BCUT2D eigenvalue weighted by Crippen LogP contribution is -2.22. The molecule has 2 heteroatoms. The highest BCUT2D eigenvalue weighted by Gasteiger charge is 2.25. The molecule has 1 aliphatic rings. The molecular weight excluding hydrogens is 174 g/mol. The number of hydrogen-bond donors (Lipinski definition) is 2. The fourth-order valence-corrected chi connectivity index (χ4v) is 1.85. The number of aliphatic hydroxyl groups excluding tert-OH is 1. The number of hydrogen-bond acceptors (Lipinski definition) is 2. The molecule has 1 aromatic carbocycles. The number of rotatable bonds is 4. The quantitative estimate of drug-likeness (QED) is 0.756. The molecule has 0 radical (unpaired) electrons. The van der Waals surface area contributed by atoms with Gasteiger partial charge in [0, 0.05) is 6.54 Å². The van der Waals surface area contributed by atoms with Crippen LogP contribution in [-0.2, 0) is 6.42 Å². The minimum absolute atomic E-state index is 0.346. The third-order valence-corrected chi connectivity index (χ3v) is 2.80. The van der Waals surface area contributed by atoms with E-state index >= 15 is 0 Å². The molecule has 0 bridgehead atoms. The van der Waals surface area contributed by atoms with Gasteiger partial charge in [0.15, 0.2) is 0 Å². The Hall–Kier alpha value is -0.860. The first-order valence-electron chi connectivity index (χ1n) is 5.27. The van der Waals surface area contributed by atoms with Crippen LogP contribution >= 0.6 is 0 Å². The van der Waals surface area contributed by atoms with Crippen molar-refractivity contribution in [2.45, 2.75) is 31.3 Å². The summed E-state index contributed by atoms with van der Waals surface area (Å²) in [6.07, 6.45) is 2.91. The predicted octanol–water partition coefficient (Wildman–Crippen LogP) is 1.43. The van der Waals surface area contributed by atoms with Crippen molar-refractivity contribution in [1.29, 1.82) is 0 Å². The Labute approximate surface area is 84.7 Å². The van der Waals surface area contributed by atoms with E-state index in [1.807, 2.05) is 6.07 Å². The van der Waals surface area contributed by atoms with Crippen molar-refractivity contribution in [3.63, 3.8) is 0 Å². The Bertz CT molecular complexity index is 307. The maximum absolute atomic E-state index is 9.51. The van der Waals surface area contributed by atoms with E-state index in [0.29, 0.717) is 13.0 Å². The Balaban J connectivity index is 2.14. The van der Waals surface area contributed by atoms with Gasteiger partial charge in [0.2, 0.25) is 0 Å².